The Kier molecular flexibility index (Phi) is 7.43. The second-order valence-corrected chi connectivity index (χ2v) is 11.6. The average molecular weight is 539 g/mol. The molecule has 4 fully saturated rings. The summed E-state index contributed by atoms with van der Waals surface area (Å²) in [4.78, 5) is 28.1. The van der Waals surface area contributed by atoms with E-state index in [1.165, 1.54) is 0 Å². The molecular weight excluding hydrogens is 499 g/mol. The number of ether oxygens (including phenoxy) is 2. The number of nitrogens with one attached hydrogen (secondary N) is 1. The van der Waals surface area contributed by atoms with Gasteiger partial charge in [0.05, 0.1) is 24.8 Å². The molecule has 1 aromatic heterocycles. The first kappa shape index (κ1) is 26.4. The molecule has 1 aliphatic carbocycles. The maximum absolute atomic E-state index is 15.2. The summed E-state index contributed by atoms with van der Waals surface area (Å²) < 4.78 is 26.1. The van der Waals surface area contributed by atoms with E-state index in [0.29, 0.717) is 36.9 Å². The standard InChI is InChI=1S/C29H39FN6O3/c1-20(32-27-31-10-7-26(33-27)36-28(37)39-19-29(36,2)23-5-6-23)21-3-4-22(25(30)17-21)18-34-11-8-24(9-12-34)35-13-15-38-16-14-35/h3-4,7,10,17,20,23-24H,5-6,8-9,11-16,18-19H2,1-2H3,(H,31,32,33)/t20-,29+/m0/s1. The van der Waals surface area contributed by atoms with Gasteiger partial charge in [0, 0.05) is 37.4 Å². The van der Waals surface area contributed by atoms with Crippen molar-refractivity contribution < 1.29 is 18.7 Å². The monoisotopic (exact) mass is 538 g/mol. The normalized spacial score (nSPS) is 26.0. The lowest BCUT2D eigenvalue weighted by molar-refractivity contribution is 0.000153. The summed E-state index contributed by atoms with van der Waals surface area (Å²) in [7, 11) is 0. The molecule has 2 atom stereocenters. The molecule has 9 nitrogen and oxygen atoms in total. The van der Waals surface area contributed by atoms with Crippen molar-refractivity contribution >= 4 is 17.9 Å². The average Bonchev–Trinajstić information content (AvgIpc) is 3.76. The number of hydrogen-bond donors (Lipinski definition) is 1. The Morgan fingerprint density at radius 2 is 1.90 bits per heavy atom. The number of halogens is 1. The Morgan fingerprint density at radius 1 is 1.13 bits per heavy atom. The quantitative estimate of drug-likeness (QED) is 0.535. The third kappa shape index (κ3) is 5.60. The predicted octanol–water partition coefficient (Wildman–Crippen LogP) is 4.21. The van der Waals surface area contributed by atoms with Gasteiger partial charge in [0.2, 0.25) is 5.95 Å². The summed E-state index contributed by atoms with van der Waals surface area (Å²) in [6.45, 7) is 10.7. The molecule has 1 saturated carbocycles. The number of carbonyl (C=O) groups is 1. The molecule has 2 aromatic rings. The third-order valence-electron chi connectivity index (χ3n) is 8.94. The van der Waals surface area contributed by atoms with Gasteiger partial charge in [-0.05, 0) is 76.2 Å². The van der Waals surface area contributed by atoms with Crippen LogP contribution in [0.3, 0.4) is 0 Å². The van der Waals surface area contributed by atoms with Crippen molar-refractivity contribution in [3.05, 3.63) is 47.4 Å². The SMILES string of the molecule is C[C@H](Nc1nccc(N2C(=O)OC[C@]2(C)C2CC2)n1)c1ccc(CN2CCC(N3CCOCC3)CC2)c(F)c1. The minimum absolute atomic E-state index is 0.189. The summed E-state index contributed by atoms with van der Waals surface area (Å²) in [5.41, 5.74) is 1.16. The van der Waals surface area contributed by atoms with Crippen LogP contribution in [0.25, 0.3) is 0 Å². The van der Waals surface area contributed by atoms with E-state index < -0.39 is 0 Å². The first-order chi connectivity index (χ1) is 18.9. The molecular formula is C29H39FN6O3. The molecule has 3 aliphatic heterocycles. The highest BCUT2D eigenvalue weighted by Crippen LogP contribution is 2.47. The number of nitrogens with zero attached hydrogens (tertiary/aromatic N) is 5. The van der Waals surface area contributed by atoms with Gasteiger partial charge in [-0.15, -0.1) is 0 Å². The summed E-state index contributed by atoms with van der Waals surface area (Å²) >= 11 is 0. The van der Waals surface area contributed by atoms with Gasteiger partial charge < -0.3 is 14.8 Å². The summed E-state index contributed by atoms with van der Waals surface area (Å²) in [6, 6.07) is 7.62. The number of piperidine rings is 1. The Labute approximate surface area is 229 Å². The molecule has 39 heavy (non-hydrogen) atoms. The Morgan fingerprint density at radius 3 is 2.62 bits per heavy atom. The summed E-state index contributed by atoms with van der Waals surface area (Å²) in [5, 5.41) is 3.28. The van der Waals surface area contributed by atoms with Crippen molar-refractivity contribution in [2.75, 3.05) is 56.2 Å². The molecule has 0 bridgehead atoms. The molecule has 10 heteroatoms. The van der Waals surface area contributed by atoms with Crippen molar-refractivity contribution in [1.82, 2.24) is 19.8 Å². The number of morpholine rings is 1. The highest BCUT2D eigenvalue weighted by molar-refractivity contribution is 5.90. The summed E-state index contributed by atoms with van der Waals surface area (Å²) in [6.07, 6.45) is 5.69. The molecule has 4 heterocycles. The maximum Gasteiger partial charge on any atom is 0.416 e. The van der Waals surface area contributed by atoms with Crippen LogP contribution in [-0.4, -0.2) is 83.4 Å². The van der Waals surface area contributed by atoms with Gasteiger partial charge >= 0.3 is 6.09 Å². The second kappa shape index (κ2) is 11.0. The largest absolute Gasteiger partial charge is 0.447 e. The van der Waals surface area contributed by atoms with Crippen molar-refractivity contribution in [1.29, 1.82) is 0 Å². The molecule has 1 amide bonds. The first-order valence-corrected chi connectivity index (χ1v) is 14.3. The molecule has 4 aliphatic rings. The number of benzene rings is 1. The van der Waals surface area contributed by atoms with E-state index in [4.69, 9.17) is 9.47 Å². The highest BCUT2D eigenvalue weighted by atomic mass is 19.1. The minimum Gasteiger partial charge on any atom is -0.447 e. The van der Waals surface area contributed by atoms with Gasteiger partial charge in [-0.25, -0.2) is 14.2 Å². The smallest absolute Gasteiger partial charge is 0.416 e. The molecule has 3 saturated heterocycles. The number of amides is 1. The second-order valence-electron chi connectivity index (χ2n) is 11.6. The molecule has 6 rings (SSSR count). The number of likely N-dealkylation sites (tertiary alicyclic amines) is 1. The molecule has 0 spiro atoms. The predicted molar refractivity (Wildman–Crippen MR) is 146 cm³/mol. The maximum atomic E-state index is 15.2. The Hall–Kier alpha value is -2.82. The van der Waals surface area contributed by atoms with Crippen molar-refractivity contribution in [2.45, 2.75) is 63.7 Å². The number of anilines is 2. The van der Waals surface area contributed by atoms with Crippen LogP contribution in [0, 0.1) is 11.7 Å². The fraction of sp³-hybridized carbons (Fsp3) is 0.621. The number of cyclic esters (lactones) is 1. The Bertz CT molecular complexity index is 1180. The van der Waals surface area contributed by atoms with Crippen LogP contribution >= 0.6 is 0 Å². The van der Waals surface area contributed by atoms with E-state index in [-0.39, 0.29) is 23.5 Å². The number of rotatable bonds is 8. The molecule has 0 radical (unpaired) electrons. The topological polar surface area (TPSA) is 83.1 Å². The van der Waals surface area contributed by atoms with Crippen LogP contribution in [0.1, 0.15) is 56.7 Å². The zero-order valence-corrected chi connectivity index (χ0v) is 22.9. The van der Waals surface area contributed by atoms with Crippen molar-refractivity contribution in [3.63, 3.8) is 0 Å². The van der Waals surface area contributed by atoms with E-state index >= 15 is 4.39 Å². The fourth-order valence-corrected chi connectivity index (χ4v) is 6.31. The van der Waals surface area contributed by atoms with Gasteiger partial charge in [-0.2, -0.15) is 4.98 Å². The van der Waals surface area contributed by atoms with Crippen LogP contribution in [0.4, 0.5) is 21.0 Å². The van der Waals surface area contributed by atoms with E-state index in [1.54, 1.807) is 23.2 Å². The van der Waals surface area contributed by atoms with Crippen LogP contribution in [-0.2, 0) is 16.0 Å². The summed E-state index contributed by atoms with van der Waals surface area (Å²) in [5.74, 6) is 1.15. The van der Waals surface area contributed by atoms with E-state index in [2.05, 4.69) is 32.0 Å². The Balaban J connectivity index is 1.06. The zero-order chi connectivity index (χ0) is 27.0. The minimum atomic E-state index is -0.384. The lowest BCUT2D eigenvalue weighted by Gasteiger charge is -2.40. The van der Waals surface area contributed by atoms with Crippen LogP contribution in [0.15, 0.2) is 30.5 Å². The molecule has 1 N–H and O–H groups in total. The van der Waals surface area contributed by atoms with Crippen molar-refractivity contribution in [2.24, 2.45) is 5.92 Å². The number of aromatic nitrogens is 2. The highest BCUT2D eigenvalue weighted by Gasteiger charge is 2.54. The van der Waals surface area contributed by atoms with E-state index in [0.717, 1.165) is 76.2 Å². The lowest BCUT2D eigenvalue weighted by Crippen LogP contribution is -2.48. The molecule has 210 valence electrons. The molecule has 1 aromatic carbocycles. The van der Waals surface area contributed by atoms with E-state index in [1.807, 2.05) is 19.1 Å². The van der Waals surface area contributed by atoms with Gasteiger partial charge in [-0.1, -0.05) is 12.1 Å². The van der Waals surface area contributed by atoms with Gasteiger partial charge in [0.1, 0.15) is 18.2 Å². The van der Waals surface area contributed by atoms with Gasteiger partial charge in [0.25, 0.3) is 0 Å². The van der Waals surface area contributed by atoms with E-state index in [9.17, 15) is 4.79 Å². The van der Waals surface area contributed by atoms with Crippen LogP contribution in [0.2, 0.25) is 0 Å². The van der Waals surface area contributed by atoms with Crippen LogP contribution < -0.4 is 10.2 Å². The lowest BCUT2D eigenvalue weighted by atomic mass is 9.96. The van der Waals surface area contributed by atoms with Crippen LogP contribution in [0.5, 0.6) is 0 Å². The van der Waals surface area contributed by atoms with Gasteiger partial charge in [-0.3, -0.25) is 14.7 Å². The fourth-order valence-electron chi connectivity index (χ4n) is 6.31. The number of carbonyl (C=O) groups excluding carboxylic acids is 1. The number of hydrogen-bond acceptors (Lipinski definition) is 8. The van der Waals surface area contributed by atoms with Crippen molar-refractivity contribution in [3.8, 4) is 0 Å². The van der Waals surface area contributed by atoms with Gasteiger partial charge in [0.15, 0.2) is 0 Å². The first-order valence-electron chi connectivity index (χ1n) is 14.3. The molecule has 0 unspecified atom stereocenters. The zero-order valence-electron chi connectivity index (χ0n) is 22.9. The third-order valence-corrected chi connectivity index (χ3v) is 8.94.